The van der Waals surface area contributed by atoms with Gasteiger partial charge in [0.1, 0.15) is 0 Å². The smallest absolute Gasteiger partial charge is 0.373 e. The lowest BCUT2D eigenvalue weighted by Gasteiger charge is -2.00. The van der Waals surface area contributed by atoms with E-state index < -0.39 is 0 Å². The minimum Gasteiger partial charge on any atom is -0.536 e. The van der Waals surface area contributed by atoms with Crippen LogP contribution in [0.3, 0.4) is 0 Å². The largest absolute Gasteiger partial charge is 0.536 e. The lowest BCUT2D eigenvalue weighted by Crippen LogP contribution is -2.09. The molecule has 0 amide bonds. The average molecular weight is 146 g/mol. The van der Waals surface area contributed by atoms with Crippen LogP contribution in [0.5, 0.6) is 0 Å². The summed E-state index contributed by atoms with van der Waals surface area (Å²) >= 11 is 0. The fraction of sp³-hybridized carbons (Fsp3) is 0.500. The zero-order valence-corrected chi connectivity index (χ0v) is 6.67. The van der Waals surface area contributed by atoms with Crippen molar-refractivity contribution in [1.29, 1.82) is 0 Å². The van der Waals surface area contributed by atoms with E-state index in [1.54, 1.807) is 6.92 Å². The van der Waals surface area contributed by atoms with Gasteiger partial charge in [0.15, 0.2) is 0 Å². The Morgan fingerprint density at radius 2 is 2.27 bits per heavy atom. The SMILES string of the molecule is [B][B]CC[B]OC(=O)C(=C)C. The number of hydrogen-bond donors (Lipinski definition) is 0. The van der Waals surface area contributed by atoms with Gasteiger partial charge in [-0.05, 0) is 13.2 Å². The van der Waals surface area contributed by atoms with E-state index in [1.165, 1.54) is 14.7 Å². The predicted octanol–water partition coefficient (Wildman–Crippen LogP) is 0.349. The molecule has 0 atom stereocenters. The van der Waals surface area contributed by atoms with E-state index in [0.717, 1.165) is 0 Å². The van der Waals surface area contributed by atoms with Crippen LogP contribution < -0.4 is 0 Å². The minimum absolute atomic E-state index is 0.387. The molecule has 0 bridgehead atoms. The first-order valence-electron chi connectivity index (χ1n) is 3.40. The number of carbonyl (C=O) groups is 1. The maximum absolute atomic E-state index is 10.7. The van der Waals surface area contributed by atoms with Crippen molar-refractivity contribution >= 4 is 28.4 Å². The van der Waals surface area contributed by atoms with Gasteiger partial charge < -0.3 is 4.65 Å². The van der Waals surface area contributed by atoms with Crippen molar-refractivity contribution in [1.82, 2.24) is 0 Å². The Bertz CT molecular complexity index is 147. The Morgan fingerprint density at radius 1 is 1.64 bits per heavy atom. The first kappa shape index (κ1) is 10.4. The first-order valence-corrected chi connectivity index (χ1v) is 3.40. The van der Waals surface area contributed by atoms with Crippen molar-refractivity contribution in [2.45, 2.75) is 19.6 Å². The Balaban J connectivity index is 3.25. The highest BCUT2D eigenvalue weighted by Gasteiger charge is 2.02. The molecule has 54 valence electrons. The summed E-state index contributed by atoms with van der Waals surface area (Å²) in [6.45, 7) is 5.03. The summed E-state index contributed by atoms with van der Waals surface area (Å²) in [5.74, 6) is -0.387. The molecule has 0 N–H and O–H groups in total. The van der Waals surface area contributed by atoms with Crippen LogP contribution in [0.2, 0.25) is 12.6 Å². The quantitative estimate of drug-likeness (QED) is 0.317. The second kappa shape index (κ2) is 6.14. The molecular weight excluding hydrogens is 136 g/mol. The topological polar surface area (TPSA) is 26.3 Å². The van der Waals surface area contributed by atoms with Crippen LogP contribution in [-0.4, -0.2) is 28.4 Å². The third-order valence-corrected chi connectivity index (χ3v) is 0.990. The summed E-state index contributed by atoms with van der Waals surface area (Å²) in [6.07, 6.45) is 1.36. The van der Waals surface area contributed by atoms with Crippen molar-refractivity contribution in [2.24, 2.45) is 0 Å². The number of rotatable bonds is 5. The summed E-state index contributed by atoms with van der Waals surface area (Å²) in [4.78, 5) is 10.7. The van der Waals surface area contributed by atoms with E-state index in [2.05, 4.69) is 11.2 Å². The van der Waals surface area contributed by atoms with Gasteiger partial charge in [-0.1, -0.05) is 12.9 Å². The Morgan fingerprint density at radius 3 is 2.73 bits per heavy atom. The van der Waals surface area contributed by atoms with Gasteiger partial charge >= 0.3 is 13.5 Å². The maximum Gasteiger partial charge on any atom is 0.373 e. The van der Waals surface area contributed by atoms with Gasteiger partial charge in [-0.25, -0.2) is 4.79 Å². The normalized spacial score (nSPS) is 8.45. The van der Waals surface area contributed by atoms with Crippen LogP contribution in [-0.2, 0) is 9.45 Å². The Hall–Kier alpha value is -0.595. The molecule has 0 spiro atoms. The monoisotopic (exact) mass is 146 g/mol. The number of hydrogen-bond acceptors (Lipinski definition) is 2. The van der Waals surface area contributed by atoms with Gasteiger partial charge in [0, 0.05) is 13.3 Å². The highest BCUT2D eigenvalue weighted by molar-refractivity contribution is 6.89. The van der Waals surface area contributed by atoms with Gasteiger partial charge in [0.2, 0.25) is 0 Å². The fourth-order valence-corrected chi connectivity index (χ4v) is 0.399. The maximum atomic E-state index is 10.7. The van der Waals surface area contributed by atoms with Gasteiger partial charge in [0.05, 0.1) is 7.17 Å². The van der Waals surface area contributed by atoms with Crippen LogP contribution in [0.25, 0.3) is 0 Å². The van der Waals surface area contributed by atoms with Crippen molar-refractivity contribution < 1.29 is 9.45 Å². The van der Waals surface area contributed by atoms with E-state index in [1.807, 2.05) is 0 Å². The first-order chi connectivity index (χ1) is 5.18. The van der Waals surface area contributed by atoms with Gasteiger partial charge in [-0.2, -0.15) is 0 Å². The van der Waals surface area contributed by atoms with E-state index >= 15 is 0 Å². The van der Waals surface area contributed by atoms with Gasteiger partial charge in [-0.15, -0.1) is 0 Å². The van der Waals surface area contributed by atoms with Gasteiger partial charge in [0.25, 0.3) is 0 Å². The van der Waals surface area contributed by atoms with Crippen molar-refractivity contribution in [3.8, 4) is 0 Å². The molecule has 0 heterocycles. The zero-order chi connectivity index (χ0) is 8.69. The lowest BCUT2D eigenvalue weighted by atomic mass is 9.51. The third-order valence-electron chi connectivity index (χ3n) is 0.990. The van der Waals surface area contributed by atoms with E-state index in [-0.39, 0.29) is 5.97 Å². The molecule has 0 unspecified atom stereocenters. The second-order valence-corrected chi connectivity index (χ2v) is 2.17. The van der Waals surface area contributed by atoms with Crippen LogP contribution >= 0.6 is 0 Å². The molecule has 2 nitrogen and oxygen atoms in total. The molecule has 4 radical (unpaired) electrons. The minimum atomic E-state index is -0.387. The molecule has 0 saturated heterocycles. The molecule has 0 rings (SSSR count). The van der Waals surface area contributed by atoms with E-state index in [0.29, 0.717) is 18.2 Å². The molecular formula is C6H9B3O2. The predicted molar refractivity (Wildman–Crippen MR) is 47.8 cm³/mol. The van der Waals surface area contributed by atoms with E-state index in [4.69, 9.17) is 7.74 Å². The summed E-state index contributed by atoms with van der Waals surface area (Å²) in [7, 11) is 8.05. The summed E-state index contributed by atoms with van der Waals surface area (Å²) < 4.78 is 4.67. The Labute approximate surface area is 70.3 Å². The second-order valence-electron chi connectivity index (χ2n) is 2.17. The highest BCUT2D eigenvalue weighted by atomic mass is 16.5. The standard InChI is InChI=1S/C6H9B3O2/c1-5(2)6(10)11-9-4-3-8-7/h1,3-4H2,2H3. The van der Waals surface area contributed by atoms with Crippen LogP contribution in [0, 0.1) is 0 Å². The number of carbonyl (C=O) groups excluding carboxylic acids is 1. The van der Waals surface area contributed by atoms with Crippen LogP contribution in [0.4, 0.5) is 0 Å². The van der Waals surface area contributed by atoms with Crippen molar-refractivity contribution in [3.05, 3.63) is 12.2 Å². The summed E-state index contributed by atoms with van der Waals surface area (Å²) in [6, 6.07) is 0. The van der Waals surface area contributed by atoms with Crippen molar-refractivity contribution in [2.75, 3.05) is 0 Å². The molecule has 5 heteroatoms. The molecule has 0 aliphatic carbocycles. The van der Waals surface area contributed by atoms with Crippen molar-refractivity contribution in [3.63, 3.8) is 0 Å². The van der Waals surface area contributed by atoms with E-state index in [9.17, 15) is 4.79 Å². The Kier molecular flexibility index (Phi) is 5.80. The zero-order valence-electron chi connectivity index (χ0n) is 6.67. The van der Waals surface area contributed by atoms with Crippen LogP contribution in [0.15, 0.2) is 12.2 Å². The van der Waals surface area contributed by atoms with Gasteiger partial charge in [-0.3, -0.25) is 0 Å². The highest BCUT2D eigenvalue weighted by Crippen LogP contribution is 1.93. The fourth-order valence-electron chi connectivity index (χ4n) is 0.399. The molecule has 0 aromatic rings. The lowest BCUT2D eigenvalue weighted by molar-refractivity contribution is -0.130. The molecule has 0 saturated carbocycles. The molecule has 0 aliphatic rings. The third kappa shape index (κ3) is 5.83. The molecule has 0 aromatic carbocycles. The van der Waals surface area contributed by atoms with Crippen LogP contribution in [0.1, 0.15) is 6.92 Å². The summed E-state index contributed by atoms with van der Waals surface area (Å²) in [5.41, 5.74) is 0.401. The molecule has 11 heavy (non-hydrogen) atoms. The molecule has 0 aliphatic heterocycles. The molecule has 0 aromatic heterocycles. The molecule has 0 fully saturated rings. The average Bonchev–Trinajstić information content (AvgIpc) is 1.97. The summed E-state index contributed by atoms with van der Waals surface area (Å²) in [5, 5.41) is 0.